The lowest BCUT2D eigenvalue weighted by Crippen LogP contribution is -2.54. The van der Waals surface area contributed by atoms with Crippen molar-refractivity contribution in [2.45, 2.75) is 55.8 Å². The van der Waals surface area contributed by atoms with Gasteiger partial charge >= 0.3 is 5.97 Å². The SMILES string of the molecule is CCOC(=O)[C@H]1[C@@H]2O[C@@]3(CC2Br)[C@@H]1C(=O)N([C@H](CO)c1ccccc1)[C@@H]3C(=O)Nc1cc(C)ccc1C. The highest BCUT2D eigenvalue weighted by Crippen LogP contribution is 2.61. The molecule has 0 aliphatic carbocycles. The third-order valence-electron chi connectivity index (χ3n) is 7.88. The number of aliphatic hydroxyl groups excluding tert-OH is 1. The number of nitrogens with one attached hydrogen (secondary N) is 1. The fraction of sp³-hybridized carbons (Fsp3) is 0.464. The first-order valence-electron chi connectivity index (χ1n) is 12.6. The molecule has 2 aromatic rings. The summed E-state index contributed by atoms with van der Waals surface area (Å²) in [5.74, 6) is -3.04. The van der Waals surface area contributed by atoms with E-state index < -0.39 is 54.1 Å². The van der Waals surface area contributed by atoms with Gasteiger partial charge in [0.2, 0.25) is 11.8 Å². The van der Waals surface area contributed by atoms with Crippen LogP contribution in [0.25, 0.3) is 0 Å². The van der Waals surface area contributed by atoms with E-state index in [1.807, 2.05) is 62.4 Å². The Kier molecular flexibility index (Phi) is 6.89. The van der Waals surface area contributed by atoms with Gasteiger partial charge in [0.05, 0.1) is 37.2 Å². The highest BCUT2D eigenvalue weighted by atomic mass is 79.9. The summed E-state index contributed by atoms with van der Waals surface area (Å²) in [5.41, 5.74) is 1.95. The number of amides is 2. The van der Waals surface area contributed by atoms with E-state index in [4.69, 9.17) is 9.47 Å². The summed E-state index contributed by atoms with van der Waals surface area (Å²) >= 11 is 3.65. The Hall–Kier alpha value is -2.75. The Bertz CT molecular complexity index is 1220. The van der Waals surface area contributed by atoms with E-state index in [-0.39, 0.29) is 17.3 Å². The number of aryl methyl sites for hydroxylation is 2. The van der Waals surface area contributed by atoms with E-state index in [0.717, 1.165) is 11.1 Å². The van der Waals surface area contributed by atoms with Crippen molar-refractivity contribution in [2.24, 2.45) is 11.8 Å². The van der Waals surface area contributed by atoms with Crippen LogP contribution >= 0.6 is 15.9 Å². The molecule has 2 aromatic carbocycles. The second-order valence-corrected chi connectivity index (χ2v) is 11.3. The van der Waals surface area contributed by atoms with Crippen LogP contribution in [0.2, 0.25) is 0 Å². The maximum Gasteiger partial charge on any atom is 0.312 e. The van der Waals surface area contributed by atoms with Crippen LogP contribution in [-0.2, 0) is 23.9 Å². The van der Waals surface area contributed by atoms with Gasteiger partial charge in [-0.05, 0) is 49.9 Å². The number of fused-ring (bicyclic) bond motifs is 1. The molecule has 5 rings (SSSR count). The van der Waals surface area contributed by atoms with E-state index in [1.165, 1.54) is 4.90 Å². The van der Waals surface area contributed by atoms with Crippen LogP contribution in [0.5, 0.6) is 0 Å². The Morgan fingerprint density at radius 1 is 1.24 bits per heavy atom. The Morgan fingerprint density at radius 3 is 2.65 bits per heavy atom. The summed E-state index contributed by atoms with van der Waals surface area (Å²) in [6, 6.07) is 13.0. The van der Waals surface area contributed by atoms with E-state index in [2.05, 4.69) is 21.2 Å². The molecule has 2 N–H and O–H groups in total. The average molecular weight is 571 g/mol. The number of benzene rings is 2. The lowest BCUT2D eigenvalue weighted by molar-refractivity contribution is -0.155. The molecule has 8 nitrogen and oxygen atoms in total. The van der Waals surface area contributed by atoms with Crippen molar-refractivity contribution in [1.29, 1.82) is 0 Å². The molecule has 3 saturated heterocycles. The molecule has 0 aromatic heterocycles. The highest BCUT2D eigenvalue weighted by Gasteiger charge is 2.77. The van der Waals surface area contributed by atoms with Crippen LogP contribution < -0.4 is 5.32 Å². The van der Waals surface area contributed by atoms with Gasteiger partial charge in [-0.25, -0.2) is 0 Å². The largest absolute Gasteiger partial charge is 0.466 e. The highest BCUT2D eigenvalue weighted by molar-refractivity contribution is 9.09. The van der Waals surface area contributed by atoms with Gasteiger partial charge in [-0.2, -0.15) is 0 Å². The van der Waals surface area contributed by atoms with E-state index >= 15 is 0 Å². The minimum atomic E-state index is -1.24. The van der Waals surface area contributed by atoms with Gasteiger partial charge in [-0.15, -0.1) is 0 Å². The first kappa shape index (κ1) is 25.9. The molecule has 7 atom stereocenters. The number of hydrogen-bond acceptors (Lipinski definition) is 6. The standard InChI is InChI=1S/C28H31BrN2O6/c1-4-36-27(35)21-22-26(34)31(20(14-32)17-8-6-5-7-9-17)24(28(22)13-18(29)23(21)37-28)25(33)30-19-12-15(2)10-11-16(19)3/h5-12,18,20-24,32H,4,13-14H2,1-3H3,(H,30,33)/t18?,20-,21-,22+,23-,24-,28+/m1/s1. The molecule has 1 unspecified atom stereocenters. The van der Waals surface area contributed by atoms with Gasteiger partial charge in [-0.1, -0.05) is 58.4 Å². The quantitative estimate of drug-likeness (QED) is 0.391. The molecule has 37 heavy (non-hydrogen) atoms. The van der Waals surface area contributed by atoms with Crippen molar-refractivity contribution in [1.82, 2.24) is 4.90 Å². The van der Waals surface area contributed by atoms with Crippen molar-refractivity contribution < 1.29 is 29.0 Å². The lowest BCUT2D eigenvalue weighted by atomic mass is 9.70. The maximum atomic E-state index is 14.2. The minimum Gasteiger partial charge on any atom is -0.466 e. The van der Waals surface area contributed by atoms with Crippen LogP contribution in [0, 0.1) is 25.7 Å². The maximum absolute atomic E-state index is 14.2. The van der Waals surface area contributed by atoms with Crippen LogP contribution in [-0.4, -0.2) is 63.6 Å². The number of carbonyl (C=O) groups excluding carboxylic acids is 3. The molecule has 0 radical (unpaired) electrons. The summed E-state index contributed by atoms with van der Waals surface area (Å²) in [6.07, 6.45) is -0.214. The fourth-order valence-electron chi connectivity index (χ4n) is 6.31. The zero-order chi connectivity index (χ0) is 26.5. The first-order valence-corrected chi connectivity index (χ1v) is 13.5. The van der Waals surface area contributed by atoms with Gasteiger partial charge in [-0.3, -0.25) is 14.4 Å². The van der Waals surface area contributed by atoms with E-state index in [9.17, 15) is 19.5 Å². The lowest BCUT2D eigenvalue weighted by Gasteiger charge is -2.37. The van der Waals surface area contributed by atoms with Crippen molar-refractivity contribution in [2.75, 3.05) is 18.5 Å². The third kappa shape index (κ3) is 4.08. The number of aliphatic hydroxyl groups is 1. The normalized spacial score (nSPS) is 30.8. The number of hydrogen-bond donors (Lipinski definition) is 2. The summed E-state index contributed by atoms with van der Waals surface area (Å²) in [5, 5.41) is 13.5. The molecular formula is C28H31BrN2O6. The Labute approximate surface area is 224 Å². The van der Waals surface area contributed by atoms with Gasteiger partial charge < -0.3 is 24.8 Å². The van der Waals surface area contributed by atoms with Crippen molar-refractivity contribution in [3.8, 4) is 0 Å². The van der Waals surface area contributed by atoms with Crippen molar-refractivity contribution >= 4 is 39.4 Å². The summed E-state index contributed by atoms with van der Waals surface area (Å²) in [7, 11) is 0. The zero-order valence-corrected chi connectivity index (χ0v) is 22.6. The third-order valence-corrected chi connectivity index (χ3v) is 8.72. The van der Waals surface area contributed by atoms with Crippen molar-refractivity contribution in [3.05, 3.63) is 65.2 Å². The second-order valence-electron chi connectivity index (χ2n) is 10.1. The number of esters is 1. The topological polar surface area (TPSA) is 105 Å². The van der Waals surface area contributed by atoms with Crippen LogP contribution in [0.1, 0.15) is 36.1 Å². The molecular weight excluding hydrogens is 540 g/mol. The molecule has 3 fully saturated rings. The summed E-state index contributed by atoms with van der Waals surface area (Å²) in [6.45, 7) is 5.34. The molecule has 196 valence electrons. The Morgan fingerprint density at radius 2 is 1.97 bits per heavy atom. The zero-order valence-electron chi connectivity index (χ0n) is 21.0. The second kappa shape index (κ2) is 9.85. The number of halogens is 1. The van der Waals surface area contributed by atoms with Crippen LogP contribution in [0.15, 0.2) is 48.5 Å². The summed E-state index contributed by atoms with van der Waals surface area (Å²) < 4.78 is 11.8. The van der Waals surface area contributed by atoms with E-state index in [1.54, 1.807) is 6.92 Å². The van der Waals surface area contributed by atoms with Gasteiger partial charge in [0.15, 0.2) is 0 Å². The van der Waals surface area contributed by atoms with Crippen LogP contribution in [0.4, 0.5) is 5.69 Å². The predicted octanol–water partition coefficient (Wildman–Crippen LogP) is 3.29. The molecule has 2 bridgehead atoms. The number of alkyl halides is 1. The number of anilines is 1. The van der Waals surface area contributed by atoms with Gasteiger partial charge in [0, 0.05) is 10.5 Å². The monoisotopic (exact) mass is 570 g/mol. The average Bonchev–Trinajstić information content (AvgIpc) is 3.46. The molecule has 3 heterocycles. The number of ether oxygens (including phenoxy) is 2. The fourth-order valence-corrected chi connectivity index (χ4v) is 7.25. The molecule has 1 spiro atoms. The number of carbonyl (C=O) groups is 3. The number of rotatable bonds is 7. The summed E-state index contributed by atoms with van der Waals surface area (Å²) in [4.78, 5) is 42.6. The predicted molar refractivity (Wildman–Crippen MR) is 140 cm³/mol. The molecule has 9 heteroatoms. The van der Waals surface area contributed by atoms with E-state index in [0.29, 0.717) is 17.7 Å². The smallest absolute Gasteiger partial charge is 0.312 e. The van der Waals surface area contributed by atoms with Gasteiger partial charge in [0.1, 0.15) is 11.6 Å². The van der Waals surface area contributed by atoms with Crippen molar-refractivity contribution in [3.63, 3.8) is 0 Å². The van der Waals surface area contributed by atoms with Crippen LogP contribution in [0.3, 0.4) is 0 Å². The number of likely N-dealkylation sites (tertiary alicyclic amines) is 1. The van der Waals surface area contributed by atoms with Gasteiger partial charge in [0.25, 0.3) is 0 Å². The molecule has 3 aliphatic heterocycles. The minimum absolute atomic E-state index is 0.173. The molecule has 2 amide bonds. The first-order chi connectivity index (χ1) is 17.7. The Balaban J connectivity index is 1.62. The molecule has 0 saturated carbocycles. The number of nitrogens with zero attached hydrogens (tertiary/aromatic N) is 1. The molecule has 3 aliphatic rings.